The summed E-state index contributed by atoms with van der Waals surface area (Å²) in [6, 6.07) is 6.04. The van der Waals surface area contributed by atoms with Gasteiger partial charge in [-0.2, -0.15) is 0 Å². The average Bonchev–Trinajstić information content (AvgIpc) is 2.60. The summed E-state index contributed by atoms with van der Waals surface area (Å²) in [6.07, 6.45) is 0.909. The molecule has 1 aromatic heterocycles. The van der Waals surface area contributed by atoms with E-state index in [0.29, 0.717) is 12.5 Å². The van der Waals surface area contributed by atoms with Crippen molar-refractivity contribution >= 4 is 11.1 Å². The van der Waals surface area contributed by atoms with Crippen LogP contribution in [0.2, 0.25) is 0 Å². The smallest absolute Gasteiger partial charge is 0.198 e. The molecule has 0 saturated carbocycles. The summed E-state index contributed by atoms with van der Waals surface area (Å²) in [5.74, 6) is 1.09. The van der Waals surface area contributed by atoms with Gasteiger partial charge in [0.2, 0.25) is 0 Å². The number of rotatable bonds is 3. The SMILES string of the molecule is Cc1ccc2oc(C(C)CCN)nc2c1. The molecule has 0 amide bonds. The Bertz CT molecular complexity index is 462. The first-order chi connectivity index (χ1) is 7.20. The summed E-state index contributed by atoms with van der Waals surface area (Å²) in [7, 11) is 0. The van der Waals surface area contributed by atoms with E-state index in [2.05, 4.69) is 18.8 Å². The third-order valence-corrected chi connectivity index (χ3v) is 2.58. The van der Waals surface area contributed by atoms with Crippen LogP contribution in [0.5, 0.6) is 0 Å². The van der Waals surface area contributed by atoms with E-state index in [0.717, 1.165) is 23.4 Å². The first-order valence-electron chi connectivity index (χ1n) is 5.28. The summed E-state index contributed by atoms with van der Waals surface area (Å²) in [4.78, 5) is 4.47. The van der Waals surface area contributed by atoms with E-state index in [9.17, 15) is 0 Å². The molecule has 0 saturated heterocycles. The Kier molecular flexibility index (Phi) is 2.73. The summed E-state index contributed by atoms with van der Waals surface area (Å²) in [5.41, 5.74) is 8.52. The van der Waals surface area contributed by atoms with E-state index in [-0.39, 0.29) is 0 Å². The standard InChI is InChI=1S/C12H16N2O/c1-8-3-4-11-10(7-8)14-12(15-11)9(2)5-6-13/h3-4,7,9H,5-6,13H2,1-2H3. The molecule has 1 unspecified atom stereocenters. The summed E-state index contributed by atoms with van der Waals surface area (Å²) < 4.78 is 5.67. The summed E-state index contributed by atoms with van der Waals surface area (Å²) >= 11 is 0. The molecule has 2 aromatic rings. The lowest BCUT2D eigenvalue weighted by molar-refractivity contribution is 0.473. The van der Waals surface area contributed by atoms with E-state index >= 15 is 0 Å². The van der Waals surface area contributed by atoms with Crippen LogP contribution in [0, 0.1) is 6.92 Å². The monoisotopic (exact) mass is 204 g/mol. The first kappa shape index (κ1) is 10.2. The molecule has 0 aliphatic heterocycles. The van der Waals surface area contributed by atoms with Gasteiger partial charge in [-0.1, -0.05) is 13.0 Å². The van der Waals surface area contributed by atoms with Crippen LogP contribution in [0.25, 0.3) is 11.1 Å². The first-order valence-corrected chi connectivity index (χ1v) is 5.28. The molecule has 80 valence electrons. The topological polar surface area (TPSA) is 52.0 Å². The van der Waals surface area contributed by atoms with E-state index < -0.39 is 0 Å². The molecule has 0 aliphatic rings. The van der Waals surface area contributed by atoms with Gasteiger partial charge >= 0.3 is 0 Å². The Balaban J connectivity index is 2.38. The molecule has 0 spiro atoms. The fourth-order valence-corrected chi connectivity index (χ4v) is 1.64. The Morgan fingerprint density at radius 2 is 2.27 bits per heavy atom. The maximum atomic E-state index is 5.67. The maximum absolute atomic E-state index is 5.67. The second-order valence-corrected chi connectivity index (χ2v) is 4.00. The van der Waals surface area contributed by atoms with E-state index in [1.807, 2.05) is 18.2 Å². The Labute approximate surface area is 89.3 Å². The number of fused-ring (bicyclic) bond motifs is 1. The minimum atomic E-state index is 0.294. The molecular weight excluding hydrogens is 188 g/mol. The molecule has 2 N–H and O–H groups in total. The van der Waals surface area contributed by atoms with Gasteiger partial charge in [-0.25, -0.2) is 4.98 Å². The lowest BCUT2D eigenvalue weighted by Gasteiger charge is -2.02. The highest BCUT2D eigenvalue weighted by Crippen LogP contribution is 2.23. The summed E-state index contributed by atoms with van der Waals surface area (Å²) in [5, 5.41) is 0. The zero-order chi connectivity index (χ0) is 10.8. The van der Waals surface area contributed by atoms with Crippen molar-refractivity contribution in [3.8, 4) is 0 Å². The predicted octanol–water partition coefficient (Wildman–Crippen LogP) is 2.59. The van der Waals surface area contributed by atoms with Crippen LogP contribution >= 0.6 is 0 Å². The minimum Gasteiger partial charge on any atom is -0.440 e. The lowest BCUT2D eigenvalue weighted by atomic mass is 10.1. The van der Waals surface area contributed by atoms with Gasteiger partial charge in [-0.3, -0.25) is 0 Å². The molecule has 0 bridgehead atoms. The van der Waals surface area contributed by atoms with Crippen LogP contribution in [0.15, 0.2) is 22.6 Å². The van der Waals surface area contributed by atoms with Crippen molar-refractivity contribution < 1.29 is 4.42 Å². The van der Waals surface area contributed by atoms with Crippen LogP contribution in [-0.2, 0) is 0 Å². The largest absolute Gasteiger partial charge is 0.440 e. The number of benzene rings is 1. The second kappa shape index (κ2) is 4.03. The number of aromatic nitrogens is 1. The van der Waals surface area contributed by atoms with Gasteiger partial charge in [-0.15, -0.1) is 0 Å². The van der Waals surface area contributed by atoms with E-state index in [1.165, 1.54) is 5.56 Å². The Morgan fingerprint density at radius 1 is 1.47 bits per heavy atom. The average molecular weight is 204 g/mol. The molecule has 15 heavy (non-hydrogen) atoms. The molecule has 2 rings (SSSR count). The molecule has 3 heteroatoms. The fraction of sp³-hybridized carbons (Fsp3) is 0.417. The van der Waals surface area contributed by atoms with Gasteiger partial charge in [0.1, 0.15) is 5.52 Å². The van der Waals surface area contributed by atoms with Gasteiger partial charge in [0, 0.05) is 5.92 Å². The number of nitrogens with two attached hydrogens (primary N) is 1. The van der Waals surface area contributed by atoms with Gasteiger partial charge < -0.3 is 10.2 Å². The number of nitrogens with zero attached hydrogens (tertiary/aromatic N) is 1. The quantitative estimate of drug-likeness (QED) is 0.836. The molecule has 0 fully saturated rings. The highest BCUT2D eigenvalue weighted by molar-refractivity contribution is 5.73. The van der Waals surface area contributed by atoms with E-state index in [4.69, 9.17) is 10.2 Å². The van der Waals surface area contributed by atoms with Crippen molar-refractivity contribution in [2.75, 3.05) is 6.54 Å². The zero-order valence-electron chi connectivity index (χ0n) is 9.16. The van der Waals surface area contributed by atoms with Crippen LogP contribution in [0.1, 0.15) is 30.7 Å². The third kappa shape index (κ3) is 2.02. The fourth-order valence-electron chi connectivity index (χ4n) is 1.64. The van der Waals surface area contributed by atoms with Crippen LogP contribution in [0.4, 0.5) is 0 Å². The highest BCUT2D eigenvalue weighted by atomic mass is 16.3. The van der Waals surface area contributed by atoms with Crippen LogP contribution in [0.3, 0.4) is 0 Å². The molecule has 1 heterocycles. The molecule has 3 nitrogen and oxygen atoms in total. The zero-order valence-corrected chi connectivity index (χ0v) is 9.16. The lowest BCUT2D eigenvalue weighted by Crippen LogP contribution is -2.04. The molecule has 1 aromatic carbocycles. The minimum absolute atomic E-state index is 0.294. The van der Waals surface area contributed by atoms with Gasteiger partial charge in [0.05, 0.1) is 0 Å². The highest BCUT2D eigenvalue weighted by Gasteiger charge is 2.12. The molecule has 0 aliphatic carbocycles. The van der Waals surface area contributed by atoms with Crippen molar-refractivity contribution in [3.63, 3.8) is 0 Å². The van der Waals surface area contributed by atoms with Crippen LogP contribution < -0.4 is 5.73 Å². The van der Waals surface area contributed by atoms with Gasteiger partial charge in [0.25, 0.3) is 0 Å². The molecule has 0 radical (unpaired) electrons. The predicted molar refractivity (Wildman–Crippen MR) is 60.8 cm³/mol. The summed E-state index contributed by atoms with van der Waals surface area (Å²) in [6.45, 7) is 4.81. The number of oxazole rings is 1. The van der Waals surface area contributed by atoms with Crippen molar-refractivity contribution in [2.45, 2.75) is 26.2 Å². The van der Waals surface area contributed by atoms with Gasteiger partial charge in [-0.05, 0) is 37.6 Å². The van der Waals surface area contributed by atoms with E-state index in [1.54, 1.807) is 0 Å². The Morgan fingerprint density at radius 3 is 3.00 bits per heavy atom. The number of aryl methyl sites for hydroxylation is 1. The van der Waals surface area contributed by atoms with Crippen molar-refractivity contribution in [2.24, 2.45) is 5.73 Å². The molecular formula is C12H16N2O. The van der Waals surface area contributed by atoms with Crippen molar-refractivity contribution in [3.05, 3.63) is 29.7 Å². The third-order valence-electron chi connectivity index (χ3n) is 2.58. The normalized spacial score (nSPS) is 13.3. The van der Waals surface area contributed by atoms with Crippen molar-refractivity contribution in [1.29, 1.82) is 0 Å². The number of hydrogen-bond donors (Lipinski definition) is 1. The van der Waals surface area contributed by atoms with Crippen molar-refractivity contribution in [1.82, 2.24) is 4.98 Å². The van der Waals surface area contributed by atoms with Crippen LogP contribution in [-0.4, -0.2) is 11.5 Å². The van der Waals surface area contributed by atoms with Gasteiger partial charge in [0.15, 0.2) is 11.5 Å². The second-order valence-electron chi connectivity index (χ2n) is 4.00. The molecule has 1 atom stereocenters. The Hall–Kier alpha value is -1.35. The number of hydrogen-bond acceptors (Lipinski definition) is 3. The maximum Gasteiger partial charge on any atom is 0.198 e.